The van der Waals surface area contributed by atoms with E-state index in [2.05, 4.69) is 58.7 Å². The van der Waals surface area contributed by atoms with E-state index < -0.39 is 0 Å². The largest absolute Gasteiger partial charge is 0.285 e. The van der Waals surface area contributed by atoms with Crippen LogP contribution in [0.25, 0.3) is 22.3 Å². The van der Waals surface area contributed by atoms with Crippen LogP contribution in [0.4, 0.5) is 0 Å². The lowest BCUT2D eigenvalue weighted by atomic mass is 9.96. The Morgan fingerprint density at radius 3 is 2.00 bits per heavy atom. The maximum Gasteiger partial charge on any atom is 0.0565 e. The van der Waals surface area contributed by atoms with Crippen LogP contribution in [0.5, 0.6) is 0 Å². The second kappa shape index (κ2) is 4.26. The summed E-state index contributed by atoms with van der Waals surface area (Å²) in [6, 6.07) is 18.8. The summed E-state index contributed by atoms with van der Waals surface area (Å²) in [4.78, 5) is 0. The predicted octanol–water partition coefficient (Wildman–Crippen LogP) is 3.74. The van der Waals surface area contributed by atoms with Crippen molar-refractivity contribution >= 4 is 0 Å². The standard InChI is InChI=1S/C15H12N2/c1-2-6-12(7-3-1)14-8-4-5-9-15(14)13-10-16-17-11-13/h1-11H,(H,16,17). The minimum absolute atomic E-state index is 1.12. The van der Waals surface area contributed by atoms with Gasteiger partial charge in [0.1, 0.15) is 0 Å². The van der Waals surface area contributed by atoms with Crippen LogP contribution in [0.1, 0.15) is 0 Å². The number of aromatic amines is 1. The first-order valence-corrected chi connectivity index (χ1v) is 5.59. The Labute approximate surface area is 99.9 Å². The van der Waals surface area contributed by atoms with Crippen LogP contribution < -0.4 is 0 Å². The summed E-state index contributed by atoms with van der Waals surface area (Å²) < 4.78 is 0. The molecule has 1 heterocycles. The zero-order valence-electron chi connectivity index (χ0n) is 9.30. The van der Waals surface area contributed by atoms with Gasteiger partial charge in [0.15, 0.2) is 0 Å². The second-order valence-electron chi connectivity index (χ2n) is 3.90. The lowest BCUT2D eigenvalue weighted by Crippen LogP contribution is -1.82. The molecule has 0 atom stereocenters. The fourth-order valence-electron chi connectivity index (χ4n) is 2.00. The number of nitrogens with one attached hydrogen (secondary N) is 1. The molecule has 0 amide bonds. The SMILES string of the molecule is c1ccc(-c2ccccc2-c2cn[nH]c2)cc1. The molecule has 0 aliphatic rings. The Balaban J connectivity index is 2.18. The number of H-pyrrole nitrogens is 1. The highest BCUT2D eigenvalue weighted by atomic mass is 15.1. The van der Waals surface area contributed by atoms with Crippen molar-refractivity contribution < 1.29 is 0 Å². The first-order valence-electron chi connectivity index (χ1n) is 5.59. The van der Waals surface area contributed by atoms with E-state index in [1.54, 1.807) is 0 Å². The number of rotatable bonds is 2. The summed E-state index contributed by atoms with van der Waals surface area (Å²) in [6.45, 7) is 0. The molecule has 0 unspecified atom stereocenters. The van der Waals surface area contributed by atoms with Gasteiger partial charge in [-0.3, -0.25) is 5.10 Å². The number of hydrogen-bond acceptors (Lipinski definition) is 1. The summed E-state index contributed by atoms with van der Waals surface area (Å²) in [5.74, 6) is 0. The molecular weight excluding hydrogens is 208 g/mol. The van der Waals surface area contributed by atoms with Crippen LogP contribution >= 0.6 is 0 Å². The summed E-state index contributed by atoms with van der Waals surface area (Å²) in [5.41, 5.74) is 4.77. The highest BCUT2D eigenvalue weighted by molar-refractivity contribution is 5.82. The highest BCUT2D eigenvalue weighted by Gasteiger charge is 2.06. The highest BCUT2D eigenvalue weighted by Crippen LogP contribution is 2.30. The Bertz CT molecular complexity index is 598. The Morgan fingerprint density at radius 1 is 0.706 bits per heavy atom. The van der Waals surface area contributed by atoms with Gasteiger partial charge in [0.25, 0.3) is 0 Å². The van der Waals surface area contributed by atoms with Crippen molar-refractivity contribution in [1.29, 1.82) is 0 Å². The van der Waals surface area contributed by atoms with Gasteiger partial charge in [-0.1, -0.05) is 54.6 Å². The first-order chi connectivity index (χ1) is 8.45. The minimum Gasteiger partial charge on any atom is -0.285 e. The normalized spacial score (nSPS) is 10.4. The Morgan fingerprint density at radius 2 is 1.35 bits per heavy atom. The van der Waals surface area contributed by atoms with Gasteiger partial charge >= 0.3 is 0 Å². The van der Waals surface area contributed by atoms with Gasteiger partial charge in [-0.25, -0.2) is 0 Å². The van der Waals surface area contributed by atoms with E-state index in [4.69, 9.17) is 0 Å². The van der Waals surface area contributed by atoms with Crippen molar-refractivity contribution in [2.75, 3.05) is 0 Å². The van der Waals surface area contributed by atoms with Crippen molar-refractivity contribution in [3.8, 4) is 22.3 Å². The maximum atomic E-state index is 4.01. The fraction of sp³-hybridized carbons (Fsp3) is 0. The number of benzene rings is 2. The molecule has 0 bridgehead atoms. The fourth-order valence-corrected chi connectivity index (χ4v) is 2.00. The average Bonchev–Trinajstić information content (AvgIpc) is 2.94. The molecule has 0 saturated carbocycles. The van der Waals surface area contributed by atoms with Gasteiger partial charge in [0.2, 0.25) is 0 Å². The third-order valence-electron chi connectivity index (χ3n) is 2.82. The number of aromatic nitrogens is 2. The number of nitrogens with zero attached hydrogens (tertiary/aromatic N) is 1. The van der Waals surface area contributed by atoms with Gasteiger partial charge in [-0.15, -0.1) is 0 Å². The van der Waals surface area contributed by atoms with E-state index in [0.717, 1.165) is 5.56 Å². The smallest absolute Gasteiger partial charge is 0.0565 e. The van der Waals surface area contributed by atoms with E-state index in [1.165, 1.54) is 16.7 Å². The molecule has 17 heavy (non-hydrogen) atoms. The van der Waals surface area contributed by atoms with E-state index in [1.807, 2.05) is 18.5 Å². The Kier molecular flexibility index (Phi) is 2.47. The van der Waals surface area contributed by atoms with Gasteiger partial charge < -0.3 is 0 Å². The van der Waals surface area contributed by atoms with E-state index >= 15 is 0 Å². The lowest BCUT2D eigenvalue weighted by molar-refractivity contribution is 1.09. The summed E-state index contributed by atoms with van der Waals surface area (Å²) in [5, 5.41) is 6.87. The molecule has 0 fully saturated rings. The zero-order valence-corrected chi connectivity index (χ0v) is 9.30. The molecule has 0 aliphatic carbocycles. The van der Waals surface area contributed by atoms with Crippen molar-refractivity contribution in [1.82, 2.24) is 10.2 Å². The van der Waals surface area contributed by atoms with Crippen LogP contribution in [0.2, 0.25) is 0 Å². The Hall–Kier alpha value is -2.35. The topological polar surface area (TPSA) is 28.7 Å². The van der Waals surface area contributed by atoms with Crippen molar-refractivity contribution in [3.63, 3.8) is 0 Å². The summed E-state index contributed by atoms with van der Waals surface area (Å²) in [6.07, 6.45) is 3.77. The third kappa shape index (κ3) is 1.85. The first kappa shape index (κ1) is 9.85. The quantitative estimate of drug-likeness (QED) is 0.700. The number of hydrogen-bond donors (Lipinski definition) is 1. The van der Waals surface area contributed by atoms with E-state index in [0.29, 0.717) is 0 Å². The average molecular weight is 220 g/mol. The predicted molar refractivity (Wildman–Crippen MR) is 69.5 cm³/mol. The van der Waals surface area contributed by atoms with E-state index in [9.17, 15) is 0 Å². The van der Waals surface area contributed by atoms with Gasteiger partial charge in [-0.05, 0) is 16.7 Å². The molecule has 3 aromatic rings. The van der Waals surface area contributed by atoms with Crippen molar-refractivity contribution in [2.24, 2.45) is 0 Å². The molecule has 0 aliphatic heterocycles. The molecule has 82 valence electrons. The lowest BCUT2D eigenvalue weighted by Gasteiger charge is -2.07. The molecule has 2 aromatic carbocycles. The monoisotopic (exact) mass is 220 g/mol. The van der Waals surface area contributed by atoms with Crippen LogP contribution in [-0.4, -0.2) is 10.2 Å². The molecule has 3 rings (SSSR count). The molecule has 2 nitrogen and oxygen atoms in total. The molecule has 1 N–H and O–H groups in total. The maximum absolute atomic E-state index is 4.01. The van der Waals surface area contributed by atoms with Crippen LogP contribution in [0.3, 0.4) is 0 Å². The van der Waals surface area contributed by atoms with Gasteiger partial charge in [0, 0.05) is 11.8 Å². The van der Waals surface area contributed by atoms with Gasteiger partial charge in [0.05, 0.1) is 6.20 Å². The summed E-state index contributed by atoms with van der Waals surface area (Å²) in [7, 11) is 0. The van der Waals surface area contributed by atoms with Crippen LogP contribution in [0.15, 0.2) is 67.0 Å². The molecule has 1 aromatic heterocycles. The molecular formula is C15H12N2. The van der Waals surface area contributed by atoms with Crippen molar-refractivity contribution in [3.05, 3.63) is 67.0 Å². The van der Waals surface area contributed by atoms with Crippen LogP contribution in [-0.2, 0) is 0 Å². The summed E-state index contributed by atoms with van der Waals surface area (Å²) >= 11 is 0. The second-order valence-corrected chi connectivity index (χ2v) is 3.90. The van der Waals surface area contributed by atoms with Crippen molar-refractivity contribution in [2.45, 2.75) is 0 Å². The van der Waals surface area contributed by atoms with Crippen LogP contribution in [0, 0.1) is 0 Å². The minimum atomic E-state index is 1.12. The molecule has 0 radical (unpaired) electrons. The molecule has 0 spiro atoms. The molecule has 2 heteroatoms. The van der Waals surface area contributed by atoms with Gasteiger partial charge in [-0.2, -0.15) is 5.10 Å². The molecule has 0 saturated heterocycles. The van der Waals surface area contributed by atoms with E-state index in [-0.39, 0.29) is 0 Å². The zero-order chi connectivity index (χ0) is 11.5. The third-order valence-corrected chi connectivity index (χ3v) is 2.82.